The summed E-state index contributed by atoms with van der Waals surface area (Å²) in [5.41, 5.74) is -0.810. The quantitative estimate of drug-likeness (QED) is 0.307. The highest BCUT2D eigenvalue weighted by Crippen LogP contribution is 2.46. The van der Waals surface area contributed by atoms with E-state index in [2.05, 4.69) is 69.3 Å². The average molecular weight is 541 g/mol. The Balaban J connectivity index is 1.98. The summed E-state index contributed by atoms with van der Waals surface area (Å²) >= 11 is 1.13. The summed E-state index contributed by atoms with van der Waals surface area (Å²) in [6.45, 7) is 12.2. The van der Waals surface area contributed by atoms with Crippen molar-refractivity contribution in [3.63, 3.8) is 0 Å². The number of hydrogen-bond acceptors (Lipinski definition) is 6. The van der Waals surface area contributed by atoms with Crippen molar-refractivity contribution in [3.8, 4) is 0 Å². The van der Waals surface area contributed by atoms with Gasteiger partial charge in [-0.2, -0.15) is 0 Å². The summed E-state index contributed by atoms with van der Waals surface area (Å²) in [4.78, 5) is 37.9. The summed E-state index contributed by atoms with van der Waals surface area (Å²) in [5.74, 6) is 0.0973. The van der Waals surface area contributed by atoms with Crippen molar-refractivity contribution >= 4 is 47.3 Å². The van der Waals surface area contributed by atoms with Crippen LogP contribution >= 0.6 is 11.8 Å². The van der Waals surface area contributed by atoms with Gasteiger partial charge in [-0.15, -0.1) is 0 Å². The summed E-state index contributed by atoms with van der Waals surface area (Å²) < 4.78 is 12.6. The van der Waals surface area contributed by atoms with E-state index in [0.29, 0.717) is 25.2 Å². The molecule has 2 aromatic carbocycles. The molecule has 37 heavy (non-hydrogen) atoms. The minimum absolute atomic E-state index is 0.0841. The van der Waals surface area contributed by atoms with E-state index in [0.717, 1.165) is 11.8 Å². The molecule has 7 heteroatoms. The molecule has 1 fully saturated rings. The SMILES string of the molecule is CCSC(=O)[C@@H](C[C@@]1(C)C(=O)CC[C@@H]1CO[Si](c1ccccc1)(c1ccccc1)C(C)(C)C)OC(C)=O. The van der Waals surface area contributed by atoms with Crippen molar-refractivity contribution in [1.82, 2.24) is 0 Å². The lowest BCUT2D eigenvalue weighted by Gasteiger charge is -2.44. The molecule has 0 amide bonds. The molecule has 0 radical (unpaired) electrons. The van der Waals surface area contributed by atoms with E-state index in [-0.39, 0.29) is 28.3 Å². The summed E-state index contributed by atoms with van der Waals surface area (Å²) in [6.07, 6.45) is 0.374. The van der Waals surface area contributed by atoms with Crippen LogP contribution in [-0.2, 0) is 23.5 Å². The lowest BCUT2D eigenvalue weighted by atomic mass is 9.75. The number of ketones is 1. The first-order chi connectivity index (χ1) is 17.5. The number of carbonyl (C=O) groups is 3. The Labute approximate surface area is 226 Å². The van der Waals surface area contributed by atoms with E-state index < -0.39 is 25.8 Å². The monoisotopic (exact) mass is 540 g/mol. The van der Waals surface area contributed by atoms with Gasteiger partial charge < -0.3 is 9.16 Å². The predicted molar refractivity (Wildman–Crippen MR) is 153 cm³/mol. The van der Waals surface area contributed by atoms with Gasteiger partial charge in [0.1, 0.15) is 5.78 Å². The predicted octanol–water partition coefficient (Wildman–Crippen LogP) is 5.15. The number of thioether (sulfide) groups is 1. The maximum atomic E-state index is 13.3. The molecule has 3 atom stereocenters. The second-order valence-corrected chi connectivity index (χ2v) is 16.7. The molecule has 0 aromatic heterocycles. The Morgan fingerprint density at radius 3 is 2.05 bits per heavy atom. The van der Waals surface area contributed by atoms with Crippen molar-refractivity contribution in [2.24, 2.45) is 11.3 Å². The fraction of sp³-hybridized carbons (Fsp3) is 0.500. The van der Waals surface area contributed by atoms with Crippen molar-refractivity contribution in [1.29, 1.82) is 0 Å². The van der Waals surface area contributed by atoms with Crippen molar-refractivity contribution < 1.29 is 23.5 Å². The zero-order valence-corrected chi connectivity index (χ0v) is 24.7. The minimum atomic E-state index is -2.77. The standard InChI is InChI=1S/C30H40O5SSi/c1-7-36-28(33)26(35-22(2)31)20-30(6)23(18-19-27(30)32)21-34-37(29(3,4)5,24-14-10-8-11-15-24)25-16-12-9-13-17-25/h8-17,23,26H,7,18-21H2,1-6H3/t23-,26-,30-/m1/s1. The van der Waals surface area contributed by atoms with Gasteiger partial charge in [-0.05, 0) is 33.5 Å². The summed E-state index contributed by atoms with van der Waals surface area (Å²) in [6, 6.07) is 20.9. The Hall–Kier alpha value is -2.22. The second-order valence-electron chi connectivity index (χ2n) is 11.1. The number of ether oxygens (including phenoxy) is 1. The highest BCUT2D eigenvalue weighted by Gasteiger charge is 2.53. The van der Waals surface area contributed by atoms with Crippen LogP contribution in [0.2, 0.25) is 5.04 Å². The molecule has 0 N–H and O–H groups in total. The van der Waals surface area contributed by atoms with Crippen LogP contribution in [0.4, 0.5) is 0 Å². The van der Waals surface area contributed by atoms with Gasteiger partial charge >= 0.3 is 5.97 Å². The van der Waals surface area contributed by atoms with E-state index in [9.17, 15) is 14.4 Å². The lowest BCUT2D eigenvalue weighted by Crippen LogP contribution is -2.67. The first kappa shape index (κ1) is 29.3. The Bertz CT molecular complexity index is 1040. The van der Waals surface area contributed by atoms with Gasteiger partial charge in [0.25, 0.3) is 8.32 Å². The van der Waals surface area contributed by atoms with Crippen LogP contribution in [0.1, 0.15) is 60.8 Å². The third kappa shape index (κ3) is 6.27. The van der Waals surface area contributed by atoms with Crippen LogP contribution < -0.4 is 10.4 Å². The Morgan fingerprint density at radius 2 is 1.59 bits per heavy atom. The van der Waals surface area contributed by atoms with Gasteiger partial charge in [-0.25, -0.2) is 0 Å². The molecular formula is C30H40O5SSi. The summed E-state index contributed by atoms with van der Waals surface area (Å²) in [7, 11) is -2.77. The lowest BCUT2D eigenvalue weighted by molar-refractivity contribution is -0.153. The smallest absolute Gasteiger partial charge is 0.303 e. The van der Waals surface area contributed by atoms with E-state index in [1.54, 1.807) is 0 Å². The van der Waals surface area contributed by atoms with E-state index in [1.165, 1.54) is 17.3 Å². The molecule has 2 aromatic rings. The van der Waals surface area contributed by atoms with E-state index >= 15 is 0 Å². The molecule has 0 unspecified atom stereocenters. The second kappa shape index (κ2) is 12.1. The highest BCUT2D eigenvalue weighted by molar-refractivity contribution is 8.13. The first-order valence-corrected chi connectivity index (χ1v) is 16.0. The largest absolute Gasteiger partial charge is 0.454 e. The molecular weight excluding hydrogens is 500 g/mol. The van der Waals surface area contributed by atoms with Gasteiger partial charge in [0.2, 0.25) is 5.12 Å². The Kier molecular flexibility index (Phi) is 9.59. The van der Waals surface area contributed by atoms with Crippen LogP contribution in [-0.4, -0.2) is 43.6 Å². The molecule has 0 heterocycles. The maximum Gasteiger partial charge on any atom is 0.303 e. The number of esters is 1. The highest BCUT2D eigenvalue weighted by atomic mass is 32.2. The normalized spacial score (nSPS) is 21.0. The molecule has 1 aliphatic carbocycles. The third-order valence-electron chi connectivity index (χ3n) is 7.64. The molecule has 1 aliphatic rings. The topological polar surface area (TPSA) is 69.7 Å². The fourth-order valence-electron chi connectivity index (χ4n) is 5.67. The van der Waals surface area contributed by atoms with Gasteiger partial charge in [0.05, 0.1) is 0 Å². The molecule has 1 saturated carbocycles. The molecule has 0 bridgehead atoms. The first-order valence-electron chi connectivity index (χ1n) is 13.1. The number of carbonyl (C=O) groups excluding carboxylic acids is 3. The Morgan fingerprint density at radius 1 is 1.05 bits per heavy atom. The van der Waals surface area contributed by atoms with Crippen LogP contribution in [0.15, 0.2) is 60.7 Å². The van der Waals surface area contributed by atoms with Crippen molar-refractivity contribution in [3.05, 3.63) is 60.7 Å². The van der Waals surface area contributed by atoms with Crippen LogP contribution in [0.3, 0.4) is 0 Å². The number of rotatable bonds is 10. The van der Waals surface area contributed by atoms with Gasteiger partial charge in [-0.1, -0.05) is 107 Å². The maximum absolute atomic E-state index is 13.3. The number of Topliss-reactive ketones (excluding diaryl/α,β-unsaturated/α-hetero) is 1. The molecule has 0 spiro atoms. The molecule has 0 saturated heterocycles. The fourth-order valence-corrected chi connectivity index (χ4v) is 10.9. The van der Waals surface area contributed by atoms with Gasteiger partial charge in [-0.3, -0.25) is 14.4 Å². The van der Waals surface area contributed by atoms with Crippen molar-refractivity contribution in [2.75, 3.05) is 12.4 Å². The molecule has 3 rings (SSSR count). The van der Waals surface area contributed by atoms with E-state index in [1.807, 2.05) is 26.0 Å². The molecule has 5 nitrogen and oxygen atoms in total. The van der Waals surface area contributed by atoms with Crippen molar-refractivity contribution in [2.45, 2.75) is 71.9 Å². The van der Waals surface area contributed by atoms with Gasteiger partial charge in [0.15, 0.2) is 6.10 Å². The van der Waals surface area contributed by atoms with Gasteiger partial charge in [0, 0.05) is 31.8 Å². The van der Waals surface area contributed by atoms with Crippen LogP contribution in [0.25, 0.3) is 0 Å². The average Bonchev–Trinajstić information content (AvgIpc) is 3.12. The third-order valence-corrected chi connectivity index (χ3v) is 13.5. The van der Waals surface area contributed by atoms with Crippen LogP contribution in [0.5, 0.6) is 0 Å². The molecule has 200 valence electrons. The minimum Gasteiger partial charge on any atom is -0.454 e. The number of benzene rings is 2. The van der Waals surface area contributed by atoms with E-state index in [4.69, 9.17) is 9.16 Å². The zero-order chi connectivity index (χ0) is 27.3. The summed E-state index contributed by atoms with van der Waals surface area (Å²) in [5, 5.41) is 1.99. The zero-order valence-electron chi connectivity index (χ0n) is 22.9. The number of hydrogen-bond donors (Lipinski definition) is 0. The van der Waals surface area contributed by atoms with Crippen LogP contribution in [0, 0.1) is 11.3 Å². The molecule has 0 aliphatic heterocycles.